The summed E-state index contributed by atoms with van der Waals surface area (Å²) >= 11 is 0. The van der Waals surface area contributed by atoms with Gasteiger partial charge in [-0.3, -0.25) is 4.79 Å². The van der Waals surface area contributed by atoms with Gasteiger partial charge in [0.1, 0.15) is 11.5 Å². The van der Waals surface area contributed by atoms with Gasteiger partial charge in [0.25, 0.3) is 5.91 Å². The monoisotopic (exact) mass is 380 g/mol. The van der Waals surface area contributed by atoms with Gasteiger partial charge in [-0.1, -0.05) is 18.2 Å². The highest BCUT2D eigenvalue weighted by atomic mass is 19.1. The van der Waals surface area contributed by atoms with Crippen LogP contribution in [0.1, 0.15) is 39.3 Å². The molecule has 2 aromatic carbocycles. The van der Waals surface area contributed by atoms with E-state index in [-0.39, 0.29) is 11.7 Å². The van der Waals surface area contributed by atoms with Gasteiger partial charge < -0.3 is 15.0 Å². The molecule has 3 aromatic rings. The largest absolute Gasteiger partial charge is 0.478 e. The van der Waals surface area contributed by atoms with E-state index >= 15 is 0 Å². The minimum absolute atomic E-state index is 0.0824. The quantitative estimate of drug-likeness (QED) is 0.716. The van der Waals surface area contributed by atoms with E-state index in [1.165, 1.54) is 12.1 Å². The van der Waals surface area contributed by atoms with Crippen LogP contribution >= 0.6 is 0 Å². The molecular formula is C22H21FN2O3. The highest BCUT2D eigenvalue weighted by Gasteiger charge is 2.25. The van der Waals surface area contributed by atoms with E-state index in [2.05, 4.69) is 4.98 Å². The van der Waals surface area contributed by atoms with Crippen LogP contribution in [0.5, 0.6) is 0 Å². The number of hydrogen-bond acceptors (Lipinski definition) is 2. The smallest absolute Gasteiger partial charge is 0.335 e. The fourth-order valence-electron chi connectivity index (χ4n) is 3.95. The molecule has 1 aliphatic heterocycles. The number of carbonyl (C=O) groups excluding carboxylic acids is 1. The third-order valence-corrected chi connectivity index (χ3v) is 5.47. The van der Waals surface area contributed by atoms with Crippen molar-refractivity contribution in [3.63, 3.8) is 0 Å². The molecule has 0 saturated carbocycles. The predicted octanol–water partition coefficient (Wildman–Crippen LogP) is 4.10. The summed E-state index contributed by atoms with van der Waals surface area (Å²) in [7, 11) is 0. The van der Waals surface area contributed by atoms with Gasteiger partial charge >= 0.3 is 5.97 Å². The zero-order valence-electron chi connectivity index (χ0n) is 15.3. The minimum Gasteiger partial charge on any atom is -0.478 e. The highest BCUT2D eigenvalue weighted by molar-refractivity contribution is 5.98. The number of aromatic amines is 1. The molecule has 1 aromatic heterocycles. The molecule has 1 amide bonds. The van der Waals surface area contributed by atoms with Crippen LogP contribution in [0.2, 0.25) is 0 Å². The molecule has 0 radical (unpaired) electrons. The Morgan fingerprint density at radius 2 is 1.86 bits per heavy atom. The Hall–Kier alpha value is -3.15. The molecule has 4 rings (SSSR count). The number of hydrogen-bond donors (Lipinski definition) is 2. The first-order valence-electron chi connectivity index (χ1n) is 9.40. The number of H-pyrrole nitrogens is 1. The van der Waals surface area contributed by atoms with Gasteiger partial charge in [-0.25, -0.2) is 9.18 Å². The molecule has 0 atom stereocenters. The molecule has 6 heteroatoms. The summed E-state index contributed by atoms with van der Waals surface area (Å²) in [5.74, 6) is -0.964. The molecule has 28 heavy (non-hydrogen) atoms. The van der Waals surface area contributed by atoms with Crippen molar-refractivity contribution in [1.82, 2.24) is 9.88 Å². The molecule has 1 aliphatic rings. The molecule has 144 valence electrons. The second kappa shape index (κ2) is 7.46. The number of carboxylic acid groups (broad SMARTS) is 1. The predicted molar refractivity (Wildman–Crippen MR) is 104 cm³/mol. The number of carbonyl (C=O) groups is 2. The van der Waals surface area contributed by atoms with Crippen LogP contribution < -0.4 is 0 Å². The topological polar surface area (TPSA) is 73.4 Å². The molecule has 0 unspecified atom stereocenters. The van der Waals surface area contributed by atoms with E-state index in [0.717, 1.165) is 23.9 Å². The standard InChI is InChI=1S/C22H21FN2O3/c23-17-5-6-19-16(12-17)13-20(24-19)21(26)25-9-7-14(8-10-25)11-15-3-1-2-4-18(15)22(27)28/h1-6,12-14,24H,7-11H2,(H,27,28). The SMILES string of the molecule is O=C(O)c1ccccc1CC1CCN(C(=O)c2cc3cc(F)ccc3[nH]2)CC1. The van der Waals surface area contributed by atoms with Crippen LogP contribution in [-0.2, 0) is 6.42 Å². The van der Waals surface area contributed by atoms with Crippen LogP contribution in [0.3, 0.4) is 0 Å². The van der Waals surface area contributed by atoms with E-state index in [0.29, 0.717) is 42.1 Å². The van der Waals surface area contributed by atoms with Gasteiger partial charge in [-0.2, -0.15) is 0 Å². The van der Waals surface area contributed by atoms with Gasteiger partial charge in [-0.05, 0) is 61.1 Å². The summed E-state index contributed by atoms with van der Waals surface area (Å²) in [4.78, 5) is 29.0. The van der Waals surface area contributed by atoms with Crippen molar-refractivity contribution in [3.05, 3.63) is 71.2 Å². The molecule has 5 nitrogen and oxygen atoms in total. The first-order chi connectivity index (χ1) is 13.5. The molecule has 2 N–H and O–H groups in total. The number of nitrogens with zero attached hydrogens (tertiary/aromatic N) is 1. The summed E-state index contributed by atoms with van der Waals surface area (Å²) < 4.78 is 13.4. The van der Waals surface area contributed by atoms with Crippen molar-refractivity contribution in [2.24, 2.45) is 5.92 Å². The van der Waals surface area contributed by atoms with Crippen molar-refractivity contribution in [1.29, 1.82) is 0 Å². The number of aromatic nitrogens is 1. The second-order valence-electron chi connectivity index (χ2n) is 7.32. The maximum absolute atomic E-state index is 13.4. The Kier molecular flexibility index (Phi) is 4.86. The summed E-state index contributed by atoms with van der Waals surface area (Å²) in [6.45, 7) is 1.25. The lowest BCUT2D eigenvalue weighted by molar-refractivity contribution is 0.0685. The van der Waals surface area contributed by atoms with Crippen molar-refractivity contribution in [2.75, 3.05) is 13.1 Å². The van der Waals surface area contributed by atoms with Crippen LogP contribution in [0, 0.1) is 11.7 Å². The minimum atomic E-state index is -0.904. The third-order valence-electron chi connectivity index (χ3n) is 5.47. The first kappa shape index (κ1) is 18.2. The Morgan fingerprint density at radius 1 is 1.11 bits per heavy atom. The molecule has 0 bridgehead atoms. The number of carboxylic acids is 1. The van der Waals surface area contributed by atoms with E-state index in [9.17, 15) is 19.1 Å². The zero-order valence-corrected chi connectivity index (χ0v) is 15.3. The Bertz CT molecular complexity index is 1040. The van der Waals surface area contributed by atoms with E-state index in [1.54, 1.807) is 29.2 Å². The van der Waals surface area contributed by atoms with Gasteiger partial charge in [0.05, 0.1) is 5.56 Å². The Labute approximate surface area is 161 Å². The number of amides is 1. The number of halogens is 1. The van der Waals surface area contributed by atoms with E-state index < -0.39 is 5.97 Å². The van der Waals surface area contributed by atoms with Gasteiger partial charge in [0.2, 0.25) is 0 Å². The lowest BCUT2D eigenvalue weighted by Crippen LogP contribution is -2.39. The fourth-order valence-corrected chi connectivity index (χ4v) is 3.95. The molecule has 0 aliphatic carbocycles. The Balaban J connectivity index is 1.41. The maximum Gasteiger partial charge on any atom is 0.335 e. The van der Waals surface area contributed by atoms with Crippen LogP contribution in [0.25, 0.3) is 10.9 Å². The number of piperidine rings is 1. The summed E-state index contributed by atoms with van der Waals surface area (Å²) in [6, 6.07) is 13.2. The van der Waals surface area contributed by atoms with Crippen LogP contribution in [0.4, 0.5) is 4.39 Å². The third kappa shape index (κ3) is 3.63. The Morgan fingerprint density at radius 3 is 2.61 bits per heavy atom. The maximum atomic E-state index is 13.4. The van der Waals surface area contributed by atoms with Crippen molar-refractivity contribution >= 4 is 22.8 Å². The molecule has 2 heterocycles. The van der Waals surface area contributed by atoms with E-state index in [1.807, 2.05) is 12.1 Å². The van der Waals surface area contributed by atoms with Gasteiger partial charge in [-0.15, -0.1) is 0 Å². The lowest BCUT2D eigenvalue weighted by Gasteiger charge is -2.32. The van der Waals surface area contributed by atoms with E-state index in [4.69, 9.17) is 0 Å². The van der Waals surface area contributed by atoms with Crippen molar-refractivity contribution < 1.29 is 19.1 Å². The molecule has 1 fully saturated rings. The number of benzene rings is 2. The number of fused-ring (bicyclic) bond motifs is 1. The average molecular weight is 380 g/mol. The number of likely N-dealkylation sites (tertiary alicyclic amines) is 1. The summed E-state index contributed by atoms with van der Waals surface area (Å²) in [5, 5.41) is 10.0. The first-order valence-corrected chi connectivity index (χ1v) is 9.40. The zero-order chi connectivity index (χ0) is 19.7. The molecular weight excluding hydrogens is 359 g/mol. The highest BCUT2D eigenvalue weighted by Crippen LogP contribution is 2.25. The summed E-state index contributed by atoms with van der Waals surface area (Å²) in [6.07, 6.45) is 2.36. The summed E-state index contributed by atoms with van der Waals surface area (Å²) in [5.41, 5.74) is 2.41. The van der Waals surface area contributed by atoms with Gasteiger partial charge in [0.15, 0.2) is 0 Å². The van der Waals surface area contributed by atoms with Crippen molar-refractivity contribution in [3.8, 4) is 0 Å². The van der Waals surface area contributed by atoms with Gasteiger partial charge in [0, 0.05) is 24.0 Å². The molecule has 1 saturated heterocycles. The number of aromatic carboxylic acids is 1. The average Bonchev–Trinajstić information content (AvgIpc) is 3.11. The molecule has 0 spiro atoms. The fraction of sp³-hybridized carbons (Fsp3) is 0.273. The normalized spacial score (nSPS) is 15.1. The lowest BCUT2D eigenvalue weighted by atomic mass is 9.88. The van der Waals surface area contributed by atoms with Crippen LogP contribution in [-0.4, -0.2) is 40.0 Å². The number of nitrogens with one attached hydrogen (secondary N) is 1. The second-order valence-corrected chi connectivity index (χ2v) is 7.32. The number of rotatable bonds is 4. The van der Waals surface area contributed by atoms with Crippen LogP contribution in [0.15, 0.2) is 48.5 Å². The van der Waals surface area contributed by atoms with Crippen molar-refractivity contribution in [2.45, 2.75) is 19.3 Å².